The molecular weight excluding hydrogens is 357 g/mol. The zero-order chi connectivity index (χ0) is 17.3. The molecule has 1 aromatic carbocycles. The van der Waals surface area contributed by atoms with Gasteiger partial charge in [-0.2, -0.15) is 0 Å². The molecule has 2 aromatic rings. The number of esters is 1. The van der Waals surface area contributed by atoms with Gasteiger partial charge >= 0.3 is 13.6 Å². The molecule has 0 fully saturated rings. The van der Waals surface area contributed by atoms with Gasteiger partial charge < -0.3 is 29.7 Å². The van der Waals surface area contributed by atoms with Gasteiger partial charge in [0.15, 0.2) is 11.5 Å². The fourth-order valence-corrected chi connectivity index (χ4v) is 3.52. The van der Waals surface area contributed by atoms with Gasteiger partial charge in [-0.1, -0.05) is 0 Å². The van der Waals surface area contributed by atoms with Crippen molar-refractivity contribution in [2.75, 3.05) is 19.3 Å². The number of nitrogens with two attached hydrogens (primary N) is 1. The van der Waals surface area contributed by atoms with Gasteiger partial charge in [0, 0.05) is 17.2 Å². The standard InChI is InChI=1S/C14H16NO7PS/c15-2-1-13-21-9-5-8-6-12(24-11(8)7-10(9)22-13)14(16)20-3-4-23(17,18)19/h5-7,13H,1-4,15H2,(H2,17,18,19). The zero-order valence-electron chi connectivity index (χ0n) is 12.5. The molecule has 0 amide bonds. The van der Waals surface area contributed by atoms with Crippen molar-refractivity contribution in [2.45, 2.75) is 12.7 Å². The topological polar surface area (TPSA) is 128 Å². The van der Waals surface area contributed by atoms with E-state index in [9.17, 15) is 9.36 Å². The lowest BCUT2D eigenvalue weighted by atomic mass is 10.2. The van der Waals surface area contributed by atoms with Crippen LogP contribution < -0.4 is 15.2 Å². The predicted molar refractivity (Wildman–Crippen MR) is 87.7 cm³/mol. The van der Waals surface area contributed by atoms with E-state index in [1.165, 1.54) is 11.3 Å². The SMILES string of the molecule is NCCC1Oc2cc3cc(C(=O)OCCP(=O)(O)O)sc3cc2O1. The van der Waals surface area contributed by atoms with E-state index in [1.807, 2.05) is 0 Å². The third-order valence-corrected chi connectivity index (χ3v) is 5.16. The van der Waals surface area contributed by atoms with Crippen LogP contribution >= 0.6 is 18.9 Å². The number of carbonyl (C=O) groups excluding carboxylic acids is 1. The van der Waals surface area contributed by atoms with Crippen LogP contribution in [0.2, 0.25) is 0 Å². The summed E-state index contributed by atoms with van der Waals surface area (Å²) in [5.74, 6) is 0.581. The van der Waals surface area contributed by atoms with Gasteiger partial charge in [-0.05, 0) is 24.1 Å². The van der Waals surface area contributed by atoms with E-state index in [1.54, 1.807) is 18.2 Å². The molecule has 0 aliphatic carbocycles. The molecule has 130 valence electrons. The number of fused-ring (bicyclic) bond motifs is 2. The minimum atomic E-state index is -4.18. The molecule has 24 heavy (non-hydrogen) atoms. The van der Waals surface area contributed by atoms with Crippen molar-refractivity contribution in [3.05, 3.63) is 23.1 Å². The molecule has 0 bridgehead atoms. The highest BCUT2D eigenvalue weighted by Crippen LogP contribution is 2.41. The smallest absolute Gasteiger partial charge is 0.348 e. The number of rotatable bonds is 6. The Morgan fingerprint density at radius 1 is 1.29 bits per heavy atom. The molecule has 1 aromatic heterocycles. The second-order valence-corrected chi connectivity index (χ2v) is 8.07. The third-order valence-electron chi connectivity index (χ3n) is 3.32. The number of benzene rings is 1. The summed E-state index contributed by atoms with van der Waals surface area (Å²) < 4.78 is 27.7. The Hall–Kier alpha value is -1.64. The fraction of sp³-hybridized carbons (Fsp3) is 0.357. The van der Waals surface area contributed by atoms with Gasteiger partial charge in [0.2, 0.25) is 6.29 Å². The first kappa shape index (κ1) is 17.2. The molecule has 0 radical (unpaired) electrons. The van der Waals surface area contributed by atoms with E-state index in [0.717, 1.165) is 10.1 Å². The largest absolute Gasteiger partial charge is 0.461 e. The second kappa shape index (κ2) is 6.70. The molecule has 8 nitrogen and oxygen atoms in total. The van der Waals surface area contributed by atoms with E-state index in [-0.39, 0.29) is 6.61 Å². The summed E-state index contributed by atoms with van der Waals surface area (Å²) >= 11 is 1.22. The maximum absolute atomic E-state index is 11.9. The van der Waals surface area contributed by atoms with Crippen molar-refractivity contribution in [1.82, 2.24) is 0 Å². The molecule has 1 atom stereocenters. The molecule has 4 N–H and O–H groups in total. The highest BCUT2D eigenvalue weighted by atomic mass is 32.1. The number of ether oxygens (including phenoxy) is 3. The molecule has 10 heteroatoms. The van der Waals surface area contributed by atoms with E-state index >= 15 is 0 Å². The van der Waals surface area contributed by atoms with Crippen LogP contribution in [-0.2, 0) is 9.30 Å². The van der Waals surface area contributed by atoms with Crippen LogP contribution in [0.3, 0.4) is 0 Å². The molecule has 3 rings (SSSR count). The van der Waals surface area contributed by atoms with Gasteiger partial charge in [0.1, 0.15) is 11.5 Å². The van der Waals surface area contributed by atoms with Crippen molar-refractivity contribution < 1.29 is 33.4 Å². The Balaban J connectivity index is 1.72. The van der Waals surface area contributed by atoms with E-state index in [2.05, 4.69) is 0 Å². The minimum absolute atomic E-state index is 0.332. The van der Waals surface area contributed by atoms with Crippen molar-refractivity contribution in [3.8, 4) is 11.5 Å². The maximum Gasteiger partial charge on any atom is 0.348 e. The average Bonchev–Trinajstić information content (AvgIpc) is 3.05. The van der Waals surface area contributed by atoms with Crippen molar-refractivity contribution in [1.29, 1.82) is 0 Å². The number of hydrogen-bond donors (Lipinski definition) is 3. The van der Waals surface area contributed by atoms with Crippen LogP contribution in [0.1, 0.15) is 16.1 Å². The van der Waals surface area contributed by atoms with Crippen LogP contribution in [-0.4, -0.2) is 41.4 Å². The normalized spacial score (nSPS) is 16.5. The number of hydrogen-bond acceptors (Lipinski definition) is 7. The van der Waals surface area contributed by atoms with Crippen molar-refractivity contribution >= 4 is 35.0 Å². The molecule has 0 saturated heterocycles. The molecule has 1 unspecified atom stereocenters. The summed E-state index contributed by atoms with van der Waals surface area (Å²) in [6.45, 7) is 0.123. The lowest BCUT2D eigenvalue weighted by Gasteiger charge is -2.07. The second-order valence-electron chi connectivity index (χ2n) is 5.21. The van der Waals surface area contributed by atoms with E-state index in [0.29, 0.717) is 29.3 Å². The molecule has 0 saturated carbocycles. The fourth-order valence-electron chi connectivity index (χ4n) is 2.22. The van der Waals surface area contributed by atoms with Crippen LogP contribution in [0.4, 0.5) is 0 Å². The lowest BCUT2D eigenvalue weighted by molar-refractivity contribution is 0.0442. The minimum Gasteiger partial charge on any atom is -0.461 e. The maximum atomic E-state index is 11.9. The summed E-state index contributed by atoms with van der Waals surface area (Å²) in [5.41, 5.74) is 5.48. The molecule has 0 spiro atoms. The van der Waals surface area contributed by atoms with Gasteiger partial charge in [-0.3, -0.25) is 4.57 Å². The first-order chi connectivity index (χ1) is 11.4. The van der Waals surface area contributed by atoms with Gasteiger partial charge in [0.25, 0.3) is 0 Å². The lowest BCUT2D eigenvalue weighted by Crippen LogP contribution is -2.21. The summed E-state index contributed by atoms with van der Waals surface area (Å²) in [5, 5.41) is 0.803. The quantitative estimate of drug-likeness (QED) is 0.515. The monoisotopic (exact) mass is 373 g/mol. The first-order valence-corrected chi connectivity index (χ1v) is 9.80. The first-order valence-electron chi connectivity index (χ1n) is 7.18. The third kappa shape index (κ3) is 3.88. The summed E-state index contributed by atoms with van der Waals surface area (Å²) in [4.78, 5) is 29.8. The summed E-state index contributed by atoms with van der Waals surface area (Å²) in [6.07, 6.45) is -0.305. The van der Waals surface area contributed by atoms with Gasteiger partial charge in [0.05, 0.1) is 6.16 Å². The Labute approximate surface area is 141 Å². The van der Waals surface area contributed by atoms with Crippen LogP contribution in [0.15, 0.2) is 18.2 Å². The van der Waals surface area contributed by atoms with Gasteiger partial charge in [-0.15, -0.1) is 11.3 Å². The Kier molecular flexibility index (Phi) is 4.80. The summed E-state index contributed by atoms with van der Waals surface area (Å²) in [7, 11) is -4.18. The molecular formula is C14H16NO7PS. The molecule has 1 aliphatic heterocycles. The van der Waals surface area contributed by atoms with E-state index in [4.69, 9.17) is 29.7 Å². The number of thiophene rings is 1. The summed E-state index contributed by atoms with van der Waals surface area (Å²) in [6, 6.07) is 5.22. The van der Waals surface area contributed by atoms with Crippen LogP contribution in [0.5, 0.6) is 11.5 Å². The highest BCUT2D eigenvalue weighted by Gasteiger charge is 2.25. The van der Waals surface area contributed by atoms with Gasteiger partial charge in [-0.25, -0.2) is 4.79 Å². The number of carbonyl (C=O) groups is 1. The van der Waals surface area contributed by atoms with Crippen LogP contribution in [0.25, 0.3) is 10.1 Å². The van der Waals surface area contributed by atoms with Crippen LogP contribution in [0, 0.1) is 0 Å². The Morgan fingerprint density at radius 3 is 2.67 bits per heavy atom. The Bertz CT molecular complexity index is 772. The Morgan fingerprint density at radius 2 is 2.00 bits per heavy atom. The van der Waals surface area contributed by atoms with Crippen molar-refractivity contribution in [2.24, 2.45) is 5.73 Å². The molecule has 1 aliphatic rings. The average molecular weight is 373 g/mol. The van der Waals surface area contributed by atoms with Crippen molar-refractivity contribution in [3.63, 3.8) is 0 Å². The van der Waals surface area contributed by atoms with E-state index < -0.39 is 26.0 Å². The molecule has 2 heterocycles. The predicted octanol–water partition coefficient (Wildman–Crippen LogP) is 1.68. The zero-order valence-corrected chi connectivity index (χ0v) is 14.2. The highest BCUT2D eigenvalue weighted by molar-refractivity contribution is 7.51.